The number of rotatable bonds is 18. The normalized spacial score (nSPS) is 25.5. The lowest BCUT2D eigenvalue weighted by Gasteiger charge is -2.37. The van der Waals surface area contributed by atoms with Crippen LogP contribution in [0.15, 0.2) is 79.9 Å². The summed E-state index contributed by atoms with van der Waals surface area (Å²) in [6.07, 6.45) is 6.42. The Kier molecular flexibility index (Phi) is 12.9. The summed E-state index contributed by atoms with van der Waals surface area (Å²) in [5.41, 5.74) is 0.0793. The number of hydrogen-bond acceptors (Lipinski definition) is 7. The van der Waals surface area contributed by atoms with E-state index in [1.807, 2.05) is 30.3 Å². The minimum absolute atomic E-state index is 0.0865. The van der Waals surface area contributed by atoms with Gasteiger partial charge in [-0.1, -0.05) is 82.9 Å². The first kappa shape index (κ1) is 37.7. The van der Waals surface area contributed by atoms with Crippen LogP contribution < -0.4 is 10.2 Å². The topological polar surface area (TPSA) is 125 Å². The van der Waals surface area contributed by atoms with E-state index in [2.05, 4.69) is 34.4 Å². The fraction of sp³-hybridized carbons (Fsp3) is 0.474. The summed E-state index contributed by atoms with van der Waals surface area (Å²) in [6, 6.07) is 14.4. The van der Waals surface area contributed by atoms with E-state index in [1.165, 1.54) is 0 Å². The molecule has 50 heavy (non-hydrogen) atoms. The van der Waals surface area contributed by atoms with Crippen LogP contribution in [-0.2, 0) is 28.7 Å². The fourth-order valence-electron chi connectivity index (χ4n) is 7.56. The summed E-state index contributed by atoms with van der Waals surface area (Å²) < 4.78 is 12.3. The van der Waals surface area contributed by atoms with E-state index in [-0.39, 0.29) is 42.8 Å². The largest absolute Gasteiger partial charge is 0.463 e. The maximum Gasteiger partial charge on any atom is 0.306 e. The number of amides is 3. The van der Waals surface area contributed by atoms with Gasteiger partial charge >= 0.3 is 5.97 Å². The number of fused-ring (bicyclic) bond motifs is 1. The van der Waals surface area contributed by atoms with Crippen molar-refractivity contribution in [1.29, 1.82) is 0 Å². The summed E-state index contributed by atoms with van der Waals surface area (Å²) in [5, 5.41) is 12.9. The molecular weight excluding hydrogens is 726 g/mol. The Balaban J connectivity index is 1.47. The molecule has 7 atom stereocenters. The van der Waals surface area contributed by atoms with Crippen LogP contribution in [0.25, 0.3) is 0 Å². The molecule has 1 spiro atoms. The number of carbonyl (C=O) groups is 4. The highest BCUT2D eigenvalue weighted by molar-refractivity contribution is 9.09. The number of allylic oxidation sites excluding steroid dienone is 1. The average molecular weight is 771 g/mol. The molecule has 12 heteroatoms. The Hall–Kier alpha value is -3.51. The van der Waals surface area contributed by atoms with Crippen LogP contribution in [0.5, 0.6) is 0 Å². The van der Waals surface area contributed by atoms with Gasteiger partial charge in [-0.05, 0) is 55.5 Å². The van der Waals surface area contributed by atoms with Gasteiger partial charge in [-0.2, -0.15) is 0 Å². The van der Waals surface area contributed by atoms with Crippen LogP contribution in [0.3, 0.4) is 0 Å². The zero-order chi connectivity index (χ0) is 35.8. The van der Waals surface area contributed by atoms with E-state index in [9.17, 15) is 24.3 Å². The monoisotopic (exact) mass is 769 g/mol. The summed E-state index contributed by atoms with van der Waals surface area (Å²) in [7, 11) is 0. The first-order valence-electron chi connectivity index (χ1n) is 17.2. The average Bonchev–Trinajstić information content (AvgIpc) is 3.71. The molecule has 0 aliphatic carbocycles. The van der Waals surface area contributed by atoms with E-state index >= 15 is 0 Å². The molecule has 0 radical (unpaired) electrons. The van der Waals surface area contributed by atoms with Gasteiger partial charge in [-0.15, -0.1) is 13.2 Å². The van der Waals surface area contributed by atoms with Gasteiger partial charge in [-0.25, -0.2) is 0 Å². The Morgan fingerprint density at radius 3 is 2.50 bits per heavy atom. The SMILES string of the molecule is C=CCCC(=O)OC[C@H](NC(=O)[C@@H]1[C@H]2O[C@@]3(CC2Br)[C@H](C(=O)N(CC=C)c2ccc(Cl)cc2)N(CCCCCCO)C(=O)[C@@H]13)c1ccccc1. The standard InChI is InChI=1S/C38H45BrClN3O7/c1-3-5-15-30(45)49-24-29(25-13-9-8-10-14-25)41-35(46)31-32-36(47)43(21-11-6-7-12-22-44)34(38(32)23-28(39)33(31)50-38)37(48)42(20-4-2)27-18-16-26(40)17-19-27/h3-4,8-10,13-14,16-19,28-29,31-34,44H,1-2,5-7,11-12,15,20-24H2,(H,41,46)/t28?,29-,31-,32+,33-,34-,38+/m0/s1. The van der Waals surface area contributed by atoms with Gasteiger partial charge in [0, 0.05) is 41.7 Å². The second-order valence-corrected chi connectivity index (χ2v) is 14.6. The molecule has 3 amide bonds. The number of alkyl halides is 1. The van der Waals surface area contributed by atoms with Gasteiger partial charge in [0.2, 0.25) is 11.8 Å². The van der Waals surface area contributed by atoms with E-state index < -0.39 is 47.5 Å². The second-order valence-electron chi connectivity index (χ2n) is 13.0. The molecule has 3 saturated heterocycles. The Morgan fingerprint density at radius 2 is 1.82 bits per heavy atom. The van der Waals surface area contributed by atoms with Crippen LogP contribution in [0, 0.1) is 11.8 Å². The van der Waals surface area contributed by atoms with Crippen molar-refractivity contribution in [2.45, 2.75) is 73.6 Å². The summed E-state index contributed by atoms with van der Waals surface area (Å²) >= 11 is 9.91. The number of aliphatic hydroxyl groups excluding tert-OH is 1. The molecule has 3 aliphatic heterocycles. The molecule has 0 saturated carbocycles. The number of hydrogen-bond donors (Lipinski definition) is 2. The third-order valence-electron chi connectivity index (χ3n) is 9.83. The lowest BCUT2D eigenvalue weighted by Crippen LogP contribution is -2.57. The lowest BCUT2D eigenvalue weighted by molar-refractivity contribution is -0.145. The molecule has 3 heterocycles. The van der Waals surface area contributed by atoms with E-state index in [1.54, 1.807) is 46.2 Å². The van der Waals surface area contributed by atoms with Crippen molar-refractivity contribution in [2.24, 2.45) is 11.8 Å². The van der Waals surface area contributed by atoms with Crippen molar-refractivity contribution >= 4 is 56.9 Å². The number of benzene rings is 2. The molecule has 3 aliphatic rings. The first-order valence-corrected chi connectivity index (χ1v) is 18.5. The molecule has 2 N–H and O–H groups in total. The van der Waals surface area contributed by atoms with Crippen LogP contribution in [-0.4, -0.2) is 82.6 Å². The quantitative estimate of drug-likeness (QED) is 0.0885. The third kappa shape index (κ3) is 7.86. The van der Waals surface area contributed by atoms with Gasteiger partial charge < -0.3 is 29.7 Å². The third-order valence-corrected chi connectivity index (χ3v) is 10.9. The Bertz CT molecular complexity index is 1540. The van der Waals surface area contributed by atoms with Crippen LogP contribution >= 0.6 is 27.5 Å². The van der Waals surface area contributed by atoms with Gasteiger partial charge in [0.25, 0.3) is 5.91 Å². The van der Waals surface area contributed by atoms with Crippen molar-refractivity contribution in [1.82, 2.24) is 10.2 Å². The van der Waals surface area contributed by atoms with Crippen molar-refractivity contribution < 1.29 is 33.8 Å². The number of nitrogens with one attached hydrogen (secondary N) is 1. The predicted octanol–water partition coefficient (Wildman–Crippen LogP) is 5.53. The summed E-state index contributed by atoms with van der Waals surface area (Å²) in [4.78, 5) is 59.0. The zero-order valence-electron chi connectivity index (χ0n) is 28.1. The molecule has 0 aromatic heterocycles. The number of likely N-dealkylation sites (tertiary alicyclic amines) is 1. The second kappa shape index (κ2) is 17.1. The molecule has 1 unspecified atom stereocenters. The van der Waals surface area contributed by atoms with Crippen molar-refractivity contribution in [2.75, 3.05) is 31.2 Å². The molecule has 268 valence electrons. The zero-order valence-corrected chi connectivity index (χ0v) is 30.4. The number of aliphatic hydroxyl groups is 1. The fourth-order valence-corrected chi connectivity index (χ4v) is 8.63. The number of anilines is 1. The molecule has 10 nitrogen and oxygen atoms in total. The molecule has 2 aromatic rings. The van der Waals surface area contributed by atoms with Crippen LogP contribution in [0.4, 0.5) is 5.69 Å². The number of unbranched alkanes of at least 4 members (excludes halogenated alkanes) is 3. The van der Waals surface area contributed by atoms with Crippen molar-refractivity contribution in [3.63, 3.8) is 0 Å². The van der Waals surface area contributed by atoms with Crippen LogP contribution in [0.1, 0.15) is 56.6 Å². The minimum Gasteiger partial charge on any atom is -0.463 e. The first-order chi connectivity index (χ1) is 24.2. The highest BCUT2D eigenvalue weighted by Gasteiger charge is 2.76. The van der Waals surface area contributed by atoms with Gasteiger partial charge in [0.1, 0.15) is 18.2 Å². The number of halogens is 2. The predicted molar refractivity (Wildman–Crippen MR) is 195 cm³/mol. The molecule has 2 aromatic carbocycles. The van der Waals surface area contributed by atoms with E-state index in [0.717, 1.165) is 18.4 Å². The number of nitrogens with zero attached hydrogens (tertiary/aromatic N) is 2. The molecule has 5 rings (SSSR count). The lowest BCUT2D eigenvalue weighted by atomic mass is 9.70. The van der Waals surface area contributed by atoms with E-state index in [0.29, 0.717) is 42.9 Å². The number of esters is 1. The molecule has 2 bridgehead atoms. The molecular formula is C38H45BrClN3O7. The molecule has 3 fully saturated rings. The number of carbonyl (C=O) groups excluding carboxylic acids is 4. The Labute approximate surface area is 306 Å². The minimum atomic E-state index is -1.26. The highest BCUT2D eigenvalue weighted by atomic mass is 79.9. The summed E-state index contributed by atoms with van der Waals surface area (Å²) in [6.45, 7) is 7.99. The maximum absolute atomic E-state index is 14.8. The Morgan fingerprint density at radius 1 is 1.10 bits per heavy atom. The van der Waals surface area contributed by atoms with Crippen molar-refractivity contribution in [3.8, 4) is 0 Å². The van der Waals surface area contributed by atoms with Crippen LogP contribution in [0.2, 0.25) is 5.02 Å². The van der Waals surface area contributed by atoms with Gasteiger partial charge in [0.15, 0.2) is 0 Å². The maximum atomic E-state index is 14.8. The van der Waals surface area contributed by atoms with Gasteiger partial charge in [0.05, 0.1) is 24.0 Å². The highest BCUT2D eigenvalue weighted by Crippen LogP contribution is 2.60. The van der Waals surface area contributed by atoms with Gasteiger partial charge in [-0.3, -0.25) is 19.2 Å². The van der Waals surface area contributed by atoms with Crippen molar-refractivity contribution in [3.05, 3.63) is 90.5 Å². The van der Waals surface area contributed by atoms with E-state index in [4.69, 9.17) is 21.1 Å². The summed E-state index contributed by atoms with van der Waals surface area (Å²) in [5.74, 6) is -3.25. The number of ether oxygens (including phenoxy) is 2. The smallest absolute Gasteiger partial charge is 0.306 e.